The van der Waals surface area contributed by atoms with E-state index in [1.54, 1.807) is 17.0 Å². The number of benzene rings is 1. The highest BCUT2D eigenvalue weighted by atomic mass is 32.2. The van der Waals surface area contributed by atoms with Crippen LogP contribution in [-0.4, -0.2) is 73.3 Å². The van der Waals surface area contributed by atoms with E-state index < -0.39 is 34.9 Å². The molecule has 4 heterocycles. The fraction of sp³-hybridized carbons (Fsp3) is 0.182. The number of oxime groups is 1. The summed E-state index contributed by atoms with van der Waals surface area (Å²) in [5.74, 6) is -2.81. The number of carbonyl (C=O) groups excluding carboxylic acids is 3. The molecule has 184 valence electrons. The van der Waals surface area contributed by atoms with E-state index in [0.717, 1.165) is 21.9 Å². The summed E-state index contributed by atoms with van der Waals surface area (Å²) in [5, 5.41) is 25.5. The molecule has 5 N–H and O–H groups in total. The van der Waals surface area contributed by atoms with Gasteiger partial charge in [-0.1, -0.05) is 23.4 Å². The van der Waals surface area contributed by atoms with Crippen molar-refractivity contribution in [1.29, 1.82) is 0 Å². The van der Waals surface area contributed by atoms with Crippen LogP contribution in [0.1, 0.15) is 5.69 Å². The molecule has 2 aromatic rings. The van der Waals surface area contributed by atoms with Gasteiger partial charge in [-0.2, -0.15) is 0 Å². The van der Waals surface area contributed by atoms with Gasteiger partial charge < -0.3 is 26.3 Å². The number of nitrogens with one attached hydrogen (secondary N) is 1. The number of nitrogens with zero attached hydrogens (tertiary/aromatic N) is 4. The van der Waals surface area contributed by atoms with Gasteiger partial charge in [-0.25, -0.2) is 9.78 Å². The first-order valence-electron chi connectivity index (χ1n) is 10.5. The Balaban J connectivity index is 1.33. The summed E-state index contributed by atoms with van der Waals surface area (Å²) in [7, 11) is 0. The fourth-order valence-corrected chi connectivity index (χ4v) is 5.95. The lowest BCUT2D eigenvalue weighted by molar-refractivity contribution is -0.150. The van der Waals surface area contributed by atoms with Gasteiger partial charge in [0.2, 0.25) is 0 Å². The average Bonchev–Trinajstić information content (AvgIpc) is 3.30. The molecule has 3 aliphatic heterocycles. The minimum absolute atomic E-state index is 0.0483. The molecule has 5 rings (SSSR count). The number of amides is 3. The summed E-state index contributed by atoms with van der Waals surface area (Å²) in [5.41, 5.74) is 6.49. The van der Waals surface area contributed by atoms with Gasteiger partial charge in [0.1, 0.15) is 22.8 Å². The van der Waals surface area contributed by atoms with Crippen LogP contribution in [0.5, 0.6) is 0 Å². The van der Waals surface area contributed by atoms with Crippen molar-refractivity contribution in [3.8, 4) is 0 Å². The predicted octanol–water partition coefficient (Wildman–Crippen LogP) is 0.615. The molecule has 0 radical (unpaired) electrons. The molecule has 2 atom stereocenters. The normalized spacial score (nSPS) is 22.8. The van der Waals surface area contributed by atoms with Crippen LogP contribution in [0.2, 0.25) is 0 Å². The number of para-hydroxylation sites is 1. The Labute approximate surface area is 211 Å². The average molecular weight is 527 g/mol. The van der Waals surface area contributed by atoms with E-state index >= 15 is 0 Å². The highest BCUT2D eigenvalue weighted by molar-refractivity contribution is 8.00. The van der Waals surface area contributed by atoms with Gasteiger partial charge in [-0.15, -0.1) is 23.1 Å². The first-order valence-corrected chi connectivity index (χ1v) is 12.5. The van der Waals surface area contributed by atoms with Crippen molar-refractivity contribution in [2.45, 2.75) is 11.4 Å². The SMILES string of the molecule is Nc1nc(/C(=N/O)C(=O)N[C@@H]2C(=O)N3C(C(=O)O)=C(/C=C4\CN(c5ccccc5)C4=O)CS[C@H]23)cs1. The number of anilines is 2. The van der Waals surface area contributed by atoms with E-state index in [4.69, 9.17) is 5.73 Å². The van der Waals surface area contributed by atoms with Gasteiger partial charge in [0, 0.05) is 22.4 Å². The minimum Gasteiger partial charge on any atom is -0.477 e. The topological polar surface area (TPSA) is 179 Å². The molecule has 1 aromatic heterocycles. The number of carbonyl (C=O) groups is 4. The van der Waals surface area contributed by atoms with Crippen molar-refractivity contribution >= 4 is 63.3 Å². The number of carboxylic acids is 1. The number of hydrogen-bond donors (Lipinski definition) is 4. The Morgan fingerprint density at radius 2 is 2.00 bits per heavy atom. The van der Waals surface area contributed by atoms with Crippen LogP contribution in [0.15, 0.2) is 63.8 Å². The number of nitrogen functional groups attached to an aromatic ring is 1. The Morgan fingerprint density at radius 1 is 1.25 bits per heavy atom. The second-order valence-electron chi connectivity index (χ2n) is 7.96. The summed E-state index contributed by atoms with van der Waals surface area (Å²) < 4.78 is 0. The van der Waals surface area contributed by atoms with E-state index in [0.29, 0.717) is 17.7 Å². The lowest BCUT2D eigenvalue weighted by Gasteiger charge is -2.49. The number of thioether (sulfide) groups is 1. The second-order valence-corrected chi connectivity index (χ2v) is 9.95. The zero-order chi connectivity index (χ0) is 25.6. The number of hydrogen-bond acceptors (Lipinski definition) is 10. The van der Waals surface area contributed by atoms with Crippen molar-refractivity contribution < 1.29 is 29.5 Å². The van der Waals surface area contributed by atoms with Crippen LogP contribution >= 0.6 is 23.1 Å². The van der Waals surface area contributed by atoms with Crippen molar-refractivity contribution in [1.82, 2.24) is 15.2 Å². The van der Waals surface area contributed by atoms with Crippen LogP contribution < -0.4 is 16.0 Å². The van der Waals surface area contributed by atoms with Gasteiger partial charge in [-0.05, 0) is 23.8 Å². The third-order valence-corrected chi connectivity index (χ3v) is 7.81. The monoisotopic (exact) mass is 526 g/mol. The highest BCUT2D eigenvalue weighted by Crippen LogP contribution is 2.41. The molecule has 2 saturated heterocycles. The minimum atomic E-state index is -1.31. The largest absolute Gasteiger partial charge is 0.477 e. The number of rotatable bonds is 6. The van der Waals surface area contributed by atoms with E-state index in [1.165, 1.54) is 23.2 Å². The molecule has 0 aliphatic carbocycles. The van der Waals surface area contributed by atoms with Crippen LogP contribution in [0.4, 0.5) is 10.8 Å². The number of nitrogens with two attached hydrogens (primary N) is 1. The number of carboxylic acid groups (broad SMARTS) is 1. The molecule has 0 spiro atoms. The lowest BCUT2D eigenvalue weighted by atomic mass is 9.98. The standard InChI is InChI=1S/C22H18N6O6S2/c23-22-24-13(9-36-22)14(26-34)17(29)25-15-19(31)28-16(21(32)33)11(8-35-20(15)28)6-10-7-27(18(10)30)12-4-2-1-3-5-12/h1-6,9,15,20,34H,7-8H2,(H2,23,24)(H,25,29)(H,32,33)/b10-6+,26-14-/t15-,20-/m1/s1. The first kappa shape index (κ1) is 23.6. The number of fused-ring (bicyclic) bond motifs is 1. The first-order chi connectivity index (χ1) is 17.3. The van der Waals surface area contributed by atoms with E-state index in [9.17, 15) is 29.5 Å². The van der Waals surface area contributed by atoms with Crippen molar-refractivity contribution in [2.24, 2.45) is 5.16 Å². The number of aromatic nitrogens is 1. The van der Waals surface area contributed by atoms with Crippen LogP contribution in [0.25, 0.3) is 0 Å². The highest BCUT2D eigenvalue weighted by Gasteiger charge is 2.54. The Morgan fingerprint density at radius 3 is 2.61 bits per heavy atom. The zero-order valence-corrected chi connectivity index (χ0v) is 20.0. The van der Waals surface area contributed by atoms with Crippen LogP contribution in [0.3, 0.4) is 0 Å². The van der Waals surface area contributed by atoms with Crippen molar-refractivity contribution in [2.75, 3.05) is 22.9 Å². The molecule has 14 heteroatoms. The number of thiazole rings is 1. The van der Waals surface area contributed by atoms with Crippen molar-refractivity contribution in [3.05, 3.63) is 64.3 Å². The molecule has 0 unspecified atom stereocenters. The lowest BCUT2D eigenvalue weighted by Crippen LogP contribution is -2.71. The number of aliphatic carboxylic acids is 1. The number of β-lactam (4-membered cyclic amide) rings is 2. The summed E-state index contributed by atoms with van der Waals surface area (Å²) in [6.07, 6.45) is 1.52. The summed E-state index contributed by atoms with van der Waals surface area (Å²) >= 11 is 2.30. The molecule has 0 bridgehead atoms. The molecule has 2 fully saturated rings. The molecule has 1 aromatic carbocycles. The molecule has 36 heavy (non-hydrogen) atoms. The molecule has 12 nitrogen and oxygen atoms in total. The van der Waals surface area contributed by atoms with Gasteiger partial charge in [0.05, 0.1) is 6.54 Å². The van der Waals surface area contributed by atoms with Gasteiger partial charge in [-0.3, -0.25) is 19.3 Å². The third-order valence-electron chi connectivity index (χ3n) is 5.83. The zero-order valence-electron chi connectivity index (χ0n) is 18.3. The van der Waals surface area contributed by atoms with Crippen LogP contribution in [-0.2, 0) is 19.2 Å². The van der Waals surface area contributed by atoms with E-state index in [-0.39, 0.29) is 28.2 Å². The van der Waals surface area contributed by atoms with Gasteiger partial charge in [0.15, 0.2) is 10.8 Å². The molecule has 0 saturated carbocycles. The van der Waals surface area contributed by atoms with Crippen molar-refractivity contribution in [3.63, 3.8) is 0 Å². The fourth-order valence-electron chi connectivity index (χ4n) is 4.10. The van der Waals surface area contributed by atoms with E-state index in [1.807, 2.05) is 18.2 Å². The molecule has 3 aliphatic rings. The molecular weight excluding hydrogens is 508 g/mol. The molecule has 3 amide bonds. The molecular formula is C22H18N6O6S2. The maximum atomic E-state index is 12.9. The second kappa shape index (κ2) is 9.13. The maximum Gasteiger partial charge on any atom is 0.352 e. The summed E-state index contributed by atoms with van der Waals surface area (Å²) in [6.45, 7) is 0.324. The predicted molar refractivity (Wildman–Crippen MR) is 131 cm³/mol. The Bertz CT molecular complexity index is 1380. The Hall–Kier alpha value is -4.17. The van der Waals surface area contributed by atoms with Crippen LogP contribution in [0, 0.1) is 0 Å². The summed E-state index contributed by atoms with van der Waals surface area (Å²) in [4.78, 5) is 56.8. The maximum absolute atomic E-state index is 12.9. The smallest absolute Gasteiger partial charge is 0.352 e. The Kier molecular flexibility index (Phi) is 5.97. The van der Waals surface area contributed by atoms with Gasteiger partial charge in [0.25, 0.3) is 17.7 Å². The van der Waals surface area contributed by atoms with Gasteiger partial charge >= 0.3 is 5.97 Å². The van der Waals surface area contributed by atoms with E-state index in [2.05, 4.69) is 15.5 Å². The quantitative estimate of drug-likeness (QED) is 0.138. The third kappa shape index (κ3) is 3.89. The number of allylic oxidation sites excluding steroid dienone is 1. The summed E-state index contributed by atoms with van der Waals surface area (Å²) in [6, 6.07) is 8.07.